The Kier molecular flexibility index (Phi) is 15.9. The number of rotatable bonds is 16. The number of aromatic nitrogens is 3. The molecule has 1 unspecified atom stereocenters. The number of esters is 1. The molecule has 3 aromatic rings. The molecule has 3 atom stereocenters. The molecule has 2 N–H and O–H groups in total. The van der Waals surface area contributed by atoms with E-state index in [1.54, 1.807) is 30.1 Å². The van der Waals surface area contributed by atoms with E-state index in [1.165, 1.54) is 54.2 Å². The summed E-state index contributed by atoms with van der Waals surface area (Å²) >= 11 is 1.25. The number of likely N-dealkylation sites (tertiary alicyclic amines) is 1. The van der Waals surface area contributed by atoms with Crippen molar-refractivity contribution in [3.63, 3.8) is 0 Å². The van der Waals surface area contributed by atoms with Crippen molar-refractivity contribution in [2.24, 2.45) is 11.7 Å². The van der Waals surface area contributed by atoms with Gasteiger partial charge in [0.05, 0.1) is 43.1 Å². The molecule has 0 bridgehead atoms. The first-order valence-corrected chi connectivity index (χ1v) is 19.6. The Labute approximate surface area is 338 Å². The molecule has 2 saturated heterocycles. The minimum atomic E-state index is -1.91. The highest BCUT2D eigenvalue weighted by atomic mass is 32.2. The zero-order chi connectivity index (χ0) is 41.7. The average molecular weight is 827 g/mol. The van der Waals surface area contributed by atoms with Crippen molar-refractivity contribution in [1.82, 2.24) is 19.7 Å². The predicted molar refractivity (Wildman–Crippen MR) is 205 cm³/mol. The number of nitriles is 1. The fourth-order valence-electron chi connectivity index (χ4n) is 6.49. The molecule has 5 rings (SSSR count). The third-order valence-corrected chi connectivity index (χ3v) is 11.1. The van der Waals surface area contributed by atoms with Gasteiger partial charge >= 0.3 is 12.1 Å². The number of halogens is 3. The van der Waals surface area contributed by atoms with Crippen molar-refractivity contribution in [3.8, 4) is 6.07 Å². The highest BCUT2D eigenvalue weighted by Crippen LogP contribution is 2.42. The molecule has 2 aliphatic rings. The van der Waals surface area contributed by atoms with Crippen molar-refractivity contribution in [1.29, 1.82) is 5.26 Å². The lowest BCUT2D eigenvalue weighted by atomic mass is 9.89. The van der Waals surface area contributed by atoms with Crippen LogP contribution in [0.3, 0.4) is 0 Å². The van der Waals surface area contributed by atoms with Gasteiger partial charge in [-0.15, -0.1) is 11.8 Å². The number of allylic oxidation sites excluding steroid dienone is 2. The number of amides is 1. The summed E-state index contributed by atoms with van der Waals surface area (Å²) in [6.45, 7) is 4.68. The Bertz CT molecular complexity index is 1970. The number of ether oxygens (including phenoxy) is 5. The molecule has 310 valence electrons. The molecule has 2 aliphatic heterocycles. The van der Waals surface area contributed by atoms with Crippen LogP contribution in [-0.2, 0) is 45.4 Å². The van der Waals surface area contributed by atoms with Gasteiger partial charge in [-0.2, -0.15) is 10.4 Å². The number of benzene rings is 2. The smallest absolute Gasteiger partial charge is 0.425 e. The molecular formula is C40H45F3N6O8S. The van der Waals surface area contributed by atoms with Gasteiger partial charge < -0.3 is 34.3 Å². The summed E-state index contributed by atoms with van der Waals surface area (Å²) in [5.41, 5.74) is 4.14. The first kappa shape index (κ1) is 43.9. The van der Waals surface area contributed by atoms with E-state index in [0.717, 1.165) is 31.0 Å². The maximum Gasteiger partial charge on any atom is 0.512 e. The standard InChI is InChI=1S/C40H45F3N6O8S/c1-26(58-32-21-53-38(54-22-32)6-4-3-5-30-8-7-29(20-45)17-34(30)42)40(23-49-25-46-24-47-49,33-10-9-31(41)18-35(33)43)57-39(52)56-27(2)55-37(51)12-11-36(50)48-15-13-28(19-44)14-16-48/h3-10,17-18,24-28,32,38H,11-16,19,21-23,44H2,1-2H3/b5-3+,6-4+/t26-,27?,32?,38?,40-/m1/s1. The normalized spacial score (nSPS) is 19.6. The molecule has 0 saturated carbocycles. The van der Waals surface area contributed by atoms with E-state index in [0.29, 0.717) is 37.2 Å². The number of hydrogen-bond donors (Lipinski definition) is 1. The van der Waals surface area contributed by atoms with Crippen LogP contribution in [0.25, 0.3) is 6.08 Å². The number of hydrogen-bond acceptors (Lipinski definition) is 13. The van der Waals surface area contributed by atoms with Crippen molar-refractivity contribution in [2.75, 3.05) is 32.8 Å². The maximum absolute atomic E-state index is 15.8. The summed E-state index contributed by atoms with van der Waals surface area (Å²) in [4.78, 5) is 44.4. The van der Waals surface area contributed by atoms with Crippen LogP contribution in [0.5, 0.6) is 0 Å². The highest BCUT2D eigenvalue weighted by Gasteiger charge is 2.47. The summed E-state index contributed by atoms with van der Waals surface area (Å²) < 4.78 is 73.8. The molecule has 1 aromatic heterocycles. The molecule has 1 amide bonds. The van der Waals surface area contributed by atoms with Crippen LogP contribution >= 0.6 is 11.8 Å². The summed E-state index contributed by atoms with van der Waals surface area (Å²) in [5.74, 6) is -3.01. The van der Waals surface area contributed by atoms with Gasteiger partial charge in [-0.25, -0.2) is 27.6 Å². The maximum atomic E-state index is 15.8. The van der Waals surface area contributed by atoms with Gasteiger partial charge in [0.1, 0.15) is 30.1 Å². The van der Waals surface area contributed by atoms with Crippen LogP contribution in [0.1, 0.15) is 56.2 Å². The van der Waals surface area contributed by atoms with Crippen molar-refractivity contribution >= 4 is 35.9 Å². The topological polar surface area (TPSA) is 181 Å². The second-order valence-corrected chi connectivity index (χ2v) is 15.4. The molecule has 14 nitrogen and oxygen atoms in total. The van der Waals surface area contributed by atoms with E-state index in [1.807, 2.05) is 6.07 Å². The van der Waals surface area contributed by atoms with Crippen LogP contribution in [-0.4, -0.2) is 93.6 Å². The number of carbonyl (C=O) groups is 3. The van der Waals surface area contributed by atoms with Gasteiger partial charge in [-0.05, 0) is 62.6 Å². The van der Waals surface area contributed by atoms with Gasteiger partial charge in [0.15, 0.2) is 11.9 Å². The van der Waals surface area contributed by atoms with Crippen LogP contribution in [0, 0.1) is 34.7 Å². The van der Waals surface area contributed by atoms with E-state index in [2.05, 4.69) is 10.1 Å². The Morgan fingerprint density at radius 1 is 1.05 bits per heavy atom. The molecular weight excluding hydrogens is 782 g/mol. The van der Waals surface area contributed by atoms with Crippen LogP contribution < -0.4 is 5.73 Å². The first-order valence-electron chi connectivity index (χ1n) is 18.7. The number of nitrogens with zero attached hydrogens (tertiary/aromatic N) is 5. The minimum Gasteiger partial charge on any atom is -0.425 e. The highest BCUT2D eigenvalue weighted by molar-refractivity contribution is 8.00. The molecule has 2 fully saturated rings. The van der Waals surface area contributed by atoms with Crippen LogP contribution in [0.15, 0.2) is 67.3 Å². The Morgan fingerprint density at radius 2 is 1.81 bits per heavy atom. The molecule has 3 heterocycles. The molecule has 18 heteroatoms. The monoisotopic (exact) mass is 826 g/mol. The minimum absolute atomic E-state index is 0.0906. The predicted octanol–water partition coefficient (Wildman–Crippen LogP) is 5.62. The Hall–Kier alpha value is -5.22. The quantitative estimate of drug-likeness (QED) is 0.107. The van der Waals surface area contributed by atoms with Crippen LogP contribution in [0.4, 0.5) is 18.0 Å². The third kappa shape index (κ3) is 12.1. The summed E-state index contributed by atoms with van der Waals surface area (Å²) in [7, 11) is 0. The molecule has 58 heavy (non-hydrogen) atoms. The fourth-order valence-corrected chi connectivity index (χ4v) is 7.85. The molecule has 0 aliphatic carbocycles. The van der Waals surface area contributed by atoms with Crippen molar-refractivity contribution in [3.05, 3.63) is 101 Å². The fraction of sp³-hybridized carbons (Fsp3) is 0.450. The van der Waals surface area contributed by atoms with Gasteiger partial charge in [-0.1, -0.05) is 24.3 Å². The van der Waals surface area contributed by atoms with Gasteiger partial charge in [0.25, 0.3) is 0 Å². The first-order chi connectivity index (χ1) is 27.9. The van der Waals surface area contributed by atoms with E-state index in [-0.39, 0.29) is 54.9 Å². The van der Waals surface area contributed by atoms with Gasteiger partial charge in [0, 0.05) is 48.9 Å². The number of thioether (sulfide) groups is 1. The van der Waals surface area contributed by atoms with E-state index < -0.39 is 53.0 Å². The molecule has 0 radical (unpaired) electrons. The second-order valence-electron chi connectivity index (χ2n) is 13.7. The van der Waals surface area contributed by atoms with Gasteiger partial charge in [0.2, 0.25) is 12.2 Å². The largest absolute Gasteiger partial charge is 0.512 e. The second kappa shape index (κ2) is 21.0. The zero-order valence-corrected chi connectivity index (χ0v) is 32.8. The lowest BCUT2D eigenvalue weighted by Crippen LogP contribution is -2.47. The van der Waals surface area contributed by atoms with Crippen molar-refractivity contribution in [2.45, 2.75) is 74.8 Å². The molecule has 0 spiro atoms. The third-order valence-electron chi connectivity index (χ3n) is 9.65. The van der Waals surface area contributed by atoms with E-state index in [9.17, 15) is 23.2 Å². The number of piperidine rings is 1. The SMILES string of the molecule is CC(OC(=O)CCC(=O)N1CCC(CN)CC1)OC(=O)O[C@@](Cn1cncn1)(c1ccc(F)cc1F)[C@@H](C)SC1COC(/C=C/C=C/c2ccc(C#N)cc2F)OC1. The number of carbonyl (C=O) groups excluding carboxylic acids is 3. The Balaban J connectivity index is 1.23. The Morgan fingerprint density at radius 3 is 2.47 bits per heavy atom. The lowest BCUT2D eigenvalue weighted by Gasteiger charge is -2.40. The summed E-state index contributed by atoms with van der Waals surface area (Å²) in [6, 6.07) is 8.89. The van der Waals surface area contributed by atoms with Gasteiger partial charge in [-0.3, -0.25) is 9.59 Å². The summed E-state index contributed by atoms with van der Waals surface area (Å²) in [6.07, 6.45) is 6.70. The van der Waals surface area contributed by atoms with Crippen LogP contribution in [0.2, 0.25) is 0 Å². The molecule has 2 aromatic carbocycles. The van der Waals surface area contributed by atoms with E-state index >= 15 is 4.39 Å². The number of nitrogens with two attached hydrogens (primary N) is 1. The van der Waals surface area contributed by atoms with E-state index in [4.69, 9.17) is 34.7 Å². The van der Waals surface area contributed by atoms with Crippen molar-refractivity contribution < 1.29 is 51.2 Å². The lowest BCUT2D eigenvalue weighted by molar-refractivity contribution is -0.172. The summed E-state index contributed by atoms with van der Waals surface area (Å²) in [5, 5.41) is 11.9. The zero-order valence-electron chi connectivity index (χ0n) is 32.0. The average Bonchev–Trinajstić information content (AvgIpc) is 3.72.